The topological polar surface area (TPSA) is 82.2 Å². The van der Waals surface area contributed by atoms with Gasteiger partial charge in [0.15, 0.2) is 0 Å². The number of piperazine rings is 1. The molecule has 1 aromatic heterocycles. The number of allylic oxidation sites excluding steroid dienone is 1. The zero-order valence-corrected chi connectivity index (χ0v) is 16.4. The molecule has 0 bridgehead atoms. The molecule has 152 valence electrons. The maximum absolute atomic E-state index is 9.09. The number of aromatic amines is 1. The summed E-state index contributed by atoms with van der Waals surface area (Å²) in [5.74, 6) is 2.34. The lowest BCUT2D eigenvalue weighted by atomic mass is 9.79. The highest BCUT2D eigenvalue weighted by molar-refractivity contribution is 5.87. The van der Waals surface area contributed by atoms with Gasteiger partial charge in [-0.25, -0.2) is 10.0 Å². The van der Waals surface area contributed by atoms with Gasteiger partial charge in [-0.05, 0) is 37.7 Å². The third kappa shape index (κ3) is 3.45. The van der Waals surface area contributed by atoms with Gasteiger partial charge in [0, 0.05) is 56.9 Å². The molecule has 2 fully saturated rings. The van der Waals surface area contributed by atoms with Gasteiger partial charge >= 0.3 is 0 Å². The molecule has 4 aliphatic rings. The third-order valence-electron chi connectivity index (χ3n) is 6.74. The van der Waals surface area contributed by atoms with Crippen LogP contribution in [-0.4, -0.2) is 77.1 Å². The zero-order valence-electron chi connectivity index (χ0n) is 16.4. The van der Waals surface area contributed by atoms with Gasteiger partial charge < -0.3 is 20.4 Å². The van der Waals surface area contributed by atoms with Crippen LogP contribution in [0.15, 0.2) is 23.0 Å². The fraction of sp³-hybridized carbons (Fsp3) is 0.650. The molecule has 1 saturated heterocycles. The lowest BCUT2D eigenvalue weighted by Crippen LogP contribution is -2.48. The number of nitrogens with zero attached hydrogens (tertiary/aromatic N) is 4. The summed E-state index contributed by atoms with van der Waals surface area (Å²) in [4.78, 5) is 12.7. The van der Waals surface area contributed by atoms with E-state index in [1.807, 2.05) is 17.5 Å². The van der Waals surface area contributed by atoms with Crippen LogP contribution >= 0.6 is 0 Å². The number of hydrazine groups is 2. The number of rotatable bonds is 5. The number of aliphatic hydroxyl groups is 1. The standard InChI is InChI=1S/C20H31N7O/c28-12-11-25-7-9-26(10-8-25)13-15-1-3-16(4-2-15)18-19-17-5-6-21-20(17)22-14-27(19)24-23-18/h5-6,14-16,21,23-24,28H,1-4,7-13H2/t15-,16-. The molecule has 4 N–H and O–H groups in total. The smallest absolute Gasteiger partial charge is 0.141 e. The number of H-pyrrole nitrogens is 1. The highest BCUT2D eigenvalue weighted by Gasteiger charge is 2.34. The summed E-state index contributed by atoms with van der Waals surface area (Å²) < 4.78 is 0. The number of hydrogen-bond acceptors (Lipinski definition) is 7. The molecule has 4 heterocycles. The summed E-state index contributed by atoms with van der Waals surface area (Å²) in [6.07, 6.45) is 8.89. The lowest BCUT2D eigenvalue weighted by Gasteiger charge is -2.38. The fourth-order valence-corrected chi connectivity index (χ4v) is 5.13. The van der Waals surface area contributed by atoms with Crippen LogP contribution in [0, 0.1) is 11.8 Å². The van der Waals surface area contributed by atoms with E-state index in [2.05, 4.69) is 36.8 Å². The van der Waals surface area contributed by atoms with E-state index in [-0.39, 0.29) is 6.61 Å². The largest absolute Gasteiger partial charge is 0.395 e. The number of fused-ring (bicyclic) bond motifs is 3. The first-order chi connectivity index (χ1) is 13.8. The van der Waals surface area contributed by atoms with Crippen LogP contribution in [0.2, 0.25) is 0 Å². The Morgan fingerprint density at radius 2 is 1.86 bits per heavy atom. The second-order valence-electron chi connectivity index (χ2n) is 8.44. The molecule has 0 atom stereocenters. The highest BCUT2D eigenvalue weighted by Crippen LogP contribution is 2.40. The van der Waals surface area contributed by atoms with Crippen molar-refractivity contribution in [2.24, 2.45) is 16.8 Å². The Balaban J connectivity index is 1.17. The molecule has 28 heavy (non-hydrogen) atoms. The number of aromatic nitrogens is 1. The van der Waals surface area contributed by atoms with E-state index >= 15 is 0 Å². The van der Waals surface area contributed by atoms with Gasteiger partial charge in [0.1, 0.15) is 12.2 Å². The molecule has 1 saturated carbocycles. The number of β-amino-alcohol motifs (C(OH)–C–C–N with tert-alkyl or cyclic N) is 1. The van der Waals surface area contributed by atoms with Gasteiger partial charge in [0.05, 0.1) is 18.0 Å². The molecular weight excluding hydrogens is 354 g/mol. The van der Waals surface area contributed by atoms with Crippen molar-refractivity contribution in [1.29, 1.82) is 0 Å². The molecule has 3 aliphatic heterocycles. The average molecular weight is 386 g/mol. The van der Waals surface area contributed by atoms with E-state index in [4.69, 9.17) is 5.11 Å². The molecule has 1 aromatic rings. The minimum absolute atomic E-state index is 0.276. The quantitative estimate of drug-likeness (QED) is 0.608. The van der Waals surface area contributed by atoms with Crippen molar-refractivity contribution >= 4 is 17.9 Å². The van der Waals surface area contributed by atoms with Crippen LogP contribution < -0.4 is 11.0 Å². The van der Waals surface area contributed by atoms with Crippen LogP contribution in [0.1, 0.15) is 31.2 Å². The van der Waals surface area contributed by atoms with Crippen LogP contribution in [-0.2, 0) is 0 Å². The van der Waals surface area contributed by atoms with Crippen LogP contribution in [0.4, 0.5) is 5.82 Å². The maximum Gasteiger partial charge on any atom is 0.141 e. The second kappa shape index (κ2) is 7.87. The van der Waals surface area contributed by atoms with E-state index in [1.54, 1.807) is 0 Å². The highest BCUT2D eigenvalue weighted by atomic mass is 16.3. The van der Waals surface area contributed by atoms with E-state index in [0.717, 1.165) is 44.5 Å². The molecule has 1 aliphatic carbocycles. The van der Waals surface area contributed by atoms with E-state index in [9.17, 15) is 0 Å². The Labute approximate surface area is 166 Å². The minimum Gasteiger partial charge on any atom is -0.395 e. The molecule has 0 spiro atoms. The zero-order chi connectivity index (χ0) is 18.9. The van der Waals surface area contributed by atoms with Gasteiger partial charge in [-0.3, -0.25) is 4.90 Å². The molecule has 8 heteroatoms. The van der Waals surface area contributed by atoms with Crippen LogP contribution in [0.25, 0.3) is 5.70 Å². The fourth-order valence-electron chi connectivity index (χ4n) is 5.13. The molecule has 8 nitrogen and oxygen atoms in total. The number of hydrogen-bond donors (Lipinski definition) is 4. The first-order valence-electron chi connectivity index (χ1n) is 10.6. The van der Waals surface area contributed by atoms with E-state index < -0.39 is 0 Å². The van der Waals surface area contributed by atoms with E-state index in [1.165, 1.54) is 49.2 Å². The maximum atomic E-state index is 9.09. The van der Waals surface area contributed by atoms with Gasteiger partial charge in [-0.2, -0.15) is 0 Å². The number of aliphatic hydroxyl groups excluding tert-OH is 1. The number of nitrogens with one attached hydrogen (secondary N) is 3. The van der Waals surface area contributed by atoms with Crippen molar-refractivity contribution in [2.75, 3.05) is 45.9 Å². The van der Waals surface area contributed by atoms with Crippen LogP contribution in [0.3, 0.4) is 0 Å². The SMILES string of the molecule is OCCN1CCN(C[C@H]2CC[C@H](C3=C4c5cc[nH]c5N=CN4NN3)CC2)CC1. The van der Waals surface area contributed by atoms with Gasteiger partial charge in [0.25, 0.3) is 0 Å². The van der Waals surface area contributed by atoms with Crippen molar-refractivity contribution in [2.45, 2.75) is 25.7 Å². The Kier molecular flexibility index (Phi) is 5.11. The van der Waals surface area contributed by atoms with Crippen molar-refractivity contribution in [1.82, 2.24) is 30.8 Å². The second-order valence-corrected chi connectivity index (χ2v) is 8.44. The Hall–Kier alpha value is -1.87. The summed E-state index contributed by atoms with van der Waals surface area (Å²) in [6.45, 7) is 6.81. The third-order valence-corrected chi connectivity index (χ3v) is 6.74. The molecule has 0 amide bonds. The van der Waals surface area contributed by atoms with Crippen LogP contribution in [0.5, 0.6) is 0 Å². The van der Waals surface area contributed by atoms with E-state index in [0.29, 0.717) is 5.92 Å². The molecular formula is C20H31N7O. The Bertz CT molecular complexity index is 741. The minimum atomic E-state index is 0.276. The van der Waals surface area contributed by atoms with Crippen molar-refractivity contribution in [3.63, 3.8) is 0 Å². The summed E-state index contributed by atoms with van der Waals surface area (Å²) in [5, 5.41) is 11.1. The normalized spacial score (nSPS) is 28.4. The molecule has 0 radical (unpaired) electrons. The number of aliphatic imine (C=N–C) groups is 1. The molecule has 0 unspecified atom stereocenters. The average Bonchev–Trinajstić information content (AvgIpc) is 3.36. The van der Waals surface area contributed by atoms with Gasteiger partial charge in [0.2, 0.25) is 0 Å². The molecule has 0 aromatic carbocycles. The predicted molar refractivity (Wildman–Crippen MR) is 109 cm³/mol. The monoisotopic (exact) mass is 385 g/mol. The van der Waals surface area contributed by atoms with Gasteiger partial charge in [-0.1, -0.05) is 0 Å². The summed E-state index contributed by atoms with van der Waals surface area (Å²) in [7, 11) is 0. The van der Waals surface area contributed by atoms with Crippen molar-refractivity contribution < 1.29 is 5.11 Å². The lowest BCUT2D eigenvalue weighted by molar-refractivity contribution is 0.0931. The summed E-state index contributed by atoms with van der Waals surface area (Å²) in [6, 6.07) is 2.12. The van der Waals surface area contributed by atoms with Crippen molar-refractivity contribution in [3.8, 4) is 0 Å². The Morgan fingerprint density at radius 3 is 2.64 bits per heavy atom. The first kappa shape index (κ1) is 18.2. The first-order valence-corrected chi connectivity index (χ1v) is 10.6. The van der Waals surface area contributed by atoms with Crippen molar-refractivity contribution in [3.05, 3.63) is 23.5 Å². The Morgan fingerprint density at radius 1 is 1.07 bits per heavy atom. The predicted octanol–water partition coefficient (Wildman–Crippen LogP) is 1.10. The molecule has 5 rings (SSSR count). The summed E-state index contributed by atoms with van der Waals surface area (Å²) >= 11 is 0. The van der Waals surface area contributed by atoms with Gasteiger partial charge in [-0.15, -0.1) is 5.53 Å². The summed E-state index contributed by atoms with van der Waals surface area (Å²) in [5.41, 5.74) is 10.4.